The fraction of sp³-hybridized carbons (Fsp3) is 0.143. The van der Waals surface area contributed by atoms with E-state index in [4.69, 9.17) is 17.3 Å². The van der Waals surface area contributed by atoms with E-state index in [1.165, 1.54) is 24.7 Å². The average Bonchev–Trinajstić information content (AvgIpc) is 3.09. The Labute approximate surface area is 192 Å². The number of rotatable bonds is 5. The number of hydrogen-bond acceptors (Lipinski definition) is 6. The van der Waals surface area contributed by atoms with Gasteiger partial charge in [-0.15, -0.1) is 0 Å². The Bertz CT molecular complexity index is 1520. The third-order valence-electron chi connectivity index (χ3n) is 5.07. The van der Waals surface area contributed by atoms with Crippen LogP contribution < -0.4 is 10.5 Å². The van der Waals surface area contributed by atoms with Gasteiger partial charge in [-0.1, -0.05) is 17.7 Å². The molecule has 0 spiro atoms. The van der Waals surface area contributed by atoms with Crippen LogP contribution in [0.15, 0.2) is 41.7 Å². The molecule has 0 aliphatic rings. The van der Waals surface area contributed by atoms with Gasteiger partial charge in [0.05, 0.1) is 22.7 Å². The summed E-state index contributed by atoms with van der Waals surface area (Å²) in [6.07, 6.45) is 2.74. The fourth-order valence-electron chi connectivity index (χ4n) is 3.62. The van der Waals surface area contributed by atoms with Crippen LogP contribution in [0.4, 0.5) is 20.3 Å². The SMILES string of the molecule is Cc1cc(CO)c(Cl)c(S(=O)(=O)Nc2cc(F)cc(-c3cn(C)c4ncnc(N)c34)c2F)c1. The van der Waals surface area contributed by atoms with Gasteiger partial charge in [-0.3, -0.25) is 4.72 Å². The molecule has 0 amide bonds. The monoisotopic (exact) mass is 493 g/mol. The predicted molar refractivity (Wildman–Crippen MR) is 121 cm³/mol. The lowest BCUT2D eigenvalue weighted by atomic mass is 10.0. The second kappa shape index (κ2) is 8.25. The Kier molecular flexibility index (Phi) is 5.72. The number of aromatic nitrogens is 3. The van der Waals surface area contributed by atoms with E-state index < -0.39 is 34.0 Å². The summed E-state index contributed by atoms with van der Waals surface area (Å²) in [5, 5.41) is 9.53. The summed E-state index contributed by atoms with van der Waals surface area (Å²) in [7, 11) is -2.79. The Morgan fingerprint density at radius 3 is 2.61 bits per heavy atom. The number of nitrogens with zero attached hydrogens (tertiary/aromatic N) is 3. The fourth-order valence-corrected chi connectivity index (χ4v) is 5.35. The van der Waals surface area contributed by atoms with Gasteiger partial charge in [0.1, 0.15) is 28.5 Å². The second-order valence-corrected chi connectivity index (χ2v) is 9.45. The summed E-state index contributed by atoms with van der Waals surface area (Å²) < 4.78 is 59.7. The molecule has 2 aromatic heterocycles. The molecule has 2 aromatic carbocycles. The molecule has 0 unspecified atom stereocenters. The van der Waals surface area contributed by atoms with Gasteiger partial charge in [-0.25, -0.2) is 27.2 Å². The molecule has 0 radical (unpaired) electrons. The first-order valence-electron chi connectivity index (χ1n) is 9.51. The number of aliphatic hydroxyl groups is 1. The predicted octanol–water partition coefficient (Wildman–Crippen LogP) is 3.75. The first kappa shape index (κ1) is 22.9. The van der Waals surface area contributed by atoms with E-state index in [1.807, 2.05) is 0 Å². The van der Waals surface area contributed by atoms with Crippen LogP contribution in [-0.4, -0.2) is 28.1 Å². The Morgan fingerprint density at radius 1 is 1.18 bits per heavy atom. The lowest BCUT2D eigenvalue weighted by Crippen LogP contribution is -2.16. The first-order chi connectivity index (χ1) is 15.5. The van der Waals surface area contributed by atoms with Crippen molar-refractivity contribution in [2.24, 2.45) is 7.05 Å². The zero-order valence-electron chi connectivity index (χ0n) is 17.4. The van der Waals surface area contributed by atoms with E-state index in [0.29, 0.717) is 16.6 Å². The van der Waals surface area contributed by atoms with Gasteiger partial charge >= 0.3 is 0 Å². The maximum atomic E-state index is 15.5. The standard InChI is InChI=1S/C21H18ClF2N5O3S/c1-10-3-11(8-30)18(22)16(4-10)33(31,32)28-15-6-12(23)5-13(19(15)24)14-7-29(2)21-17(14)20(25)26-9-27-21/h3-7,9,28,30H,8H2,1-2H3,(H2,25,26,27). The first-order valence-corrected chi connectivity index (χ1v) is 11.4. The summed E-state index contributed by atoms with van der Waals surface area (Å²) in [5.74, 6) is -1.85. The molecule has 12 heteroatoms. The number of hydrogen-bond donors (Lipinski definition) is 3. The maximum absolute atomic E-state index is 15.5. The molecule has 8 nitrogen and oxygen atoms in total. The minimum Gasteiger partial charge on any atom is -0.392 e. The maximum Gasteiger partial charge on any atom is 0.263 e. The van der Waals surface area contributed by atoms with Crippen LogP contribution in [0, 0.1) is 18.6 Å². The summed E-state index contributed by atoms with van der Waals surface area (Å²) in [4.78, 5) is 7.64. The number of fused-ring (bicyclic) bond motifs is 1. The summed E-state index contributed by atoms with van der Waals surface area (Å²) in [6, 6.07) is 4.44. The van der Waals surface area contributed by atoms with Gasteiger partial charge in [0.15, 0.2) is 5.82 Å². The molecule has 0 saturated heterocycles. The molecule has 2 heterocycles. The second-order valence-electron chi connectivity index (χ2n) is 7.43. The molecule has 4 aromatic rings. The summed E-state index contributed by atoms with van der Waals surface area (Å²) in [5.41, 5.74) is 6.37. The molecule has 172 valence electrons. The normalized spacial score (nSPS) is 11.8. The number of benzene rings is 2. The molecule has 33 heavy (non-hydrogen) atoms. The van der Waals surface area contributed by atoms with Gasteiger partial charge in [0.2, 0.25) is 0 Å². The van der Waals surface area contributed by atoms with Gasteiger partial charge in [-0.05, 0) is 30.2 Å². The Balaban J connectivity index is 1.87. The van der Waals surface area contributed by atoms with E-state index in [-0.39, 0.29) is 32.4 Å². The minimum absolute atomic E-state index is 0.0597. The van der Waals surface area contributed by atoms with Crippen LogP contribution >= 0.6 is 11.6 Å². The van der Waals surface area contributed by atoms with Crippen LogP contribution in [0.5, 0.6) is 0 Å². The molecule has 4 rings (SSSR count). The van der Waals surface area contributed by atoms with Crippen molar-refractivity contribution in [3.05, 3.63) is 64.6 Å². The van der Waals surface area contributed by atoms with Crippen molar-refractivity contribution in [3.8, 4) is 11.1 Å². The van der Waals surface area contributed by atoms with Gasteiger partial charge in [-0.2, -0.15) is 0 Å². The highest BCUT2D eigenvalue weighted by Gasteiger charge is 2.25. The largest absolute Gasteiger partial charge is 0.392 e. The van der Waals surface area contributed by atoms with E-state index in [9.17, 15) is 17.9 Å². The van der Waals surface area contributed by atoms with Crippen molar-refractivity contribution in [1.82, 2.24) is 14.5 Å². The molecular weight excluding hydrogens is 476 g/mol. The van der Waals surface area contributed by atoms with Crippen LogP contribution in [0.3, 0.4) is 0 Å². The van der Waals surface area contributed by atoms with Crippen LogP contribution in [-0.2, 0) is 23.7 Å². The van der Waals surface area contributed by atoms with Gasteiger partial charge < -0.3 is 15.4 Å². The lowest BCUT2D eigenvalue weighted by molar-refractivity contribution is 0.281. The molecule has 0 fully saturated rings. The topological polar surface area (TPSA) is 123 Å². The lowest BCUT2D eigenvalue weighted by Gasteiger charge is -2.14. The number of sulfonamides is 1. The van der Waals surface area contributed by atoms with E-state index in [1.54, 1.807) is 18.5 Å². The number of nitrogens with two attached hydrogens (primary N) is 1. The van der Waals surface area contributed by atoms with E-state index >= 15 is 4.39 Å². The van der Waals surface area contributed by atoms with Crippen molar-refractivity contribution in [2.45, 2.75) is 18.4 Å². The van der Waals surface area contributed by atoms with Crippen molar-refractivity contribution >= 4 is 44.2 Å². The number of aryl methyl sites for hydroxylation is 2. The van der Waals surface area contributed by atoms with Crippen molar-refractivity contribution in [1.29, 1.82) is 0 Å². The highest BCUT2D eigenvalue weighted by atomic mass is 35.5. The highest BCUT2D eigenvalue weighted by Crippen LogP contribution is 2.37. The molecule has 0 bridgehead atoms. The summed E-state index contributed by atoms with van der Waals surface area (Å²) in [6.45, 7) is 1.12. The number of nitrogens with one attached hydrogen (secondary N) is 1. The molecule has 0 saturated carbocycles. The van der Waals surface area contributed by atoms with Crippen LogP contribution in [0.25, 0.3) is 22.2 Å². The number of aliphatic hydroxyl groups excluding tert-OH is 1. The molecular formula is C21H18ClF2N5O3S. The van der Waals surface area contributed by atoms with Crippen molar-refractivity contribution in [2.75, 3.05) is 10.5 Å². The minimum atomic E-state index is -4.44. The Hall–Kier alpha value is -3.28. The van der Waals surface area contributed by atoms with Crippen molar-refractivity contribution < 1.29 is 22.3 Å². The summed E-state index contributed by atoms with van der Waals surface area (Å²) >= 11 is 6.14. The molecule has 0 aliphatic heterocycles. The third-order valence-corrected chi connectivity index (χ3v) is 7.02. The third kappa shape index (κ3) is 3.99. The highest BCUT2D eigenvalue weighted by molar-refractivity contribution is 7.92. The zero-order chi connectivity index (χ0) is 24.1. The van der Waals surface area contributed by atoms with E-state index in [2.05, 4.69) is 14.7 Å². The smallest absolute Gasteiger partial charge is 0.263 e. The van der Waals surface area contributed by atoms with Gasteiger partial charge in [0, 0.05) is 30.4 Å². The zero-order valence-corrected chi connectivity index (χ0v) is 19.0. The number of halogens is 3. The van der Waals surface area contributed by atoms with Gasteiger partial charge in [0.25, 0.3) is 10.0 Å². The molecule has 0 atom stereocenters. The quantitative estimate of drug-likeness (QED) is 0.389. The van der Waals surface area contributed by atoms with Crippen molar-refractivity contribution in [3.63, 3.8) is 0 Å². The van der Waals surface area contributed by atoms with E-state index in [0.717, 1.165) is 12.1 Å². The Morgan fingerprint density at radius 2 is 1.91 bits per heavy atom. The van der Waals surface area contributed by atoms with Crippen LogP contribution in [0.2, 0.25) is 5.02 Å². The molecule has 0 aliphatic carbocycles. The van der Waals surface area contributed by atoms with Crippen LogP contribution in [0.1, 0.15) is 11.1 Å². The molecule has 4 N–H and O–H groups in total. The number of anilines is 2. The average molecular weight is 494 g/mol. The number of nitrogen functional groups attached to an aromatic ring is 1.